The number of aromatic nitrogens is 2. The third-order valence-corrected chi connectivity index (χ3v) is 5.44. The number of nitrogens with zero attached hydrogens (tertiary/aromatic N) is 3. The monoisotopic (exact) mass is 418 g/mol. The summed E-state index contributed by atoms with van der Waals surface area (Å²) in [6.07, 6.45) is 1.09. The highest BCUT2D eigenvalue weighted by Crippen LogP contribution is 2.28. The first-order chi connectivity index (χ1) is 15.1. The second-order valence-electron chi connectivity index (χ2n) is 7.57. The molecule has 3 aromatic rings. The largest absolute Gasteiger partial charge is 0.383 e. The number of hydrogen-bond donors (Lipinski definition) is 1. The van der Waals surface area contributed by atoms with Gasteiger partial charge in [-0.1, -0.05) is 42.5 Å². The zero-order valence-electron chi connectivity index (χ0n) is 17.6. The number of fused-ring (bicyclic) bond motifs is 1. The molecular weight excluding hydrogens is 392 g/mol. The van der Waals surface area contributed by atoms with Gasteiger partial charge >= 0.3 is 0 Å². The molecule has 7 heteroatoms. The molecule has 0 saturated carbocycles. The van der Waals surface area contributed by atoms with Crippen LogP contribution in [0.25, 0.3) is 0 Å². The summed E-state index contributed by atoms with van der Waals surface area (Å²) in [6, 6.07) is 19.6. The molecule has 160 valence electrons. The molecule has 0 fully saturated rings. The van der Waals surface area contributed by atoms with E-state index in [1.807, 2.05) is 12.1 Å². The molecule has 2 heterocycles. The minimum Gasteiger partial charge on any atom is -0.383 e. The molecule has 0 atom stereocenters. The summed E-state index contributed by atoms with van der Waals surface area (Å²) < 4.78 is 6.21. The quantitative estimate of drug-likeness (QED) is 0.608. The van der Waals surface area contributed by atoms with E-state index in [0.29, 0.717) is 19.7 Å². The average Bonchev–Trinajstić information content (AvgIpc) is 3.20. The molecule has 1 aliphatic rings. The molecule has 0 radical (unpaired) electrons. The van der Waals surface area contributed by atoms with Crippen LogP contribution in [0.4, 0.5) is 5.69 Å². The summed E-state index contributed by atoms with van der Waals surface area (Å²) in [6.45, 7) is 2.96. The van der Waals surface area contributed by atoms with Crippen LogP contribution in [0.5, 0.6) is 0 Å². The van der Waals surface area contributed by atoms with Gasteiger partial charge in [0.05, 0.1) is 13.2 Å². The van der Waals surface area contributed by atoms with Gasteiger partial charge in [0, 0.05) is 38.5 Å². The van der Waals surface area contributed by atoms with E-state index in [2.05, 4.69) is 51.7 Å². The normalized spacial score (nSPS) is 12.6. The zero-order chi connectivity index (χ0) is 21.6. The molecule has 1 aliphatic heterocycles. The maximum Gasteiger partial charge on any atom is 0.271 e. The van der Waals surface area contributed by atoms with Gasteiger partial charge in [-0.3, -0.25) is 9.59 Å². The Hall–Kier alpha value is -3.45. The van der Waals surface area contributed by atoms with E-state index in [0.717, 1.165) is 25.1 Å². The lowest BCUT2D eigenvalue weighted by atomic mass is 10.1. The predicted molar refractivity (Wildman–Crippen MR) is 119 cm³/mol. The number of rotatable bonds is 8. The average molecular weight is 418 g/mol. The van der Waals surface area contributed by atoms with E-state index in [9.17, 15) is 9.59 Å². The first-order valence-electron chi connectivity index (χ1n) is 10.4. The fourth-order valence-electron chi connectivity index (χ4n) is 3.73. The molecule has 4 rings (SSSR count). The summed E-state index contributed by atoms with van der Waals surface area (Å²) in [5.74, 6) is -0.316. The summed E-state index contributed by atoms with van der Waals surface area (Å²) in [4.78, 5) is 26.7. The molecule has 0 spiro atoms. The van der Waals surface area contributed by atoms with E-state index in [-0.39, 0.29) is 17.2 Å². The van der Waals surface area contributed by atoms with Gasteiger partial charge < -0.3 is 15.0 Å². The van der Waals surface area contributed by atoms with Crippen LogP contribution >= 0.6 is 0 Å². The van der Waals surface area contributed by atoms with Gasteiger partial charge in [-0.15, -0.1) is 0 Å². The lowest BCUT2D eigenvalue weighted by Gasteiger charge is -2.19. The fraction of sp³-hybridized carbons (Fsp3) is 0.292. The van der Waals surface area contributed by atoms with Crippen molar-refractivity contribution in [2.75, 3.05) is 25.2 Å². The van der Waals surface area contributed by atoms with E-state index in [1.165, 1.54) is 33.6 Å². The highest BCUT2D eigenvalue weighted by Gasteiger charge is 2.18. The smallest absolute Gasteiger partial charge is 0.271 e. The van der Waals surface area contributed by atoms with Gasteiger partial charge in [-0.2, -0.15) is 5.10 Å². The number of nitrogens with one attached hydrogen (secondary N) is 1. The number of anilines is 1. The van der Waals surface area contributed by atoms with Gasteiger partial charge in [-0.25, -0.2) is 4.68 Å². The molecule has 2 aromatic carbocycles. The van der Waals surface area contributed by atoms with Crippen molar-refractivity contribution in [3.8, 4) is 0 Å². The molecule has 1 aromatic heterocycles. The van der Waals surface area contributed by atoms with Crippen molar-refractivity contribution < 1.29 is 9.53 Å². The van der Waals surface area contributed by atoms with Crippen LogP contribution in [-0.2, 0) is 30.8 Å². The van der Waals surface area contributed by atoms with Crippen molar-refractivity contribution in [3.05, 3.63) is 93.4 Å². The van der Waals surface area contributed by atoms with Gasteiger partial charge in [-0.05, 0) is 35.2 Å². The van der Waals surface area contributed by atoms with Crippen LogP contribution in [0, 0.1) is 0 Å². The molecule has 0 saturated heterocycles. The number of methoxy groups -OCH3 is 1. The second kappa shape index (κ2) is 9.57. The molecule has 1 N–H and O–H groups in total. The predicted octanol–water partition coefficient (Wildman–Crippen LogP) is 2.38. The minimum absolute atomic E-state index is 0.208. The van der Waals surface area contributed by atoms with Crippen LogP contribution < -0.4 is 15.8 Å². The van der Waals surface area contributed by atoms with Crippen LogP contribution in [0.1, 0.15) is 27.2 Å². The third kappa shape index (κ3) is 5.00. The van der Waals surface area contributed by atoms with Crippen molar-refractivity contribution in [2.24, 2.45) is 0 Å². The number of hydrogen-bond acceptors (Lipinski definition) is 5. The molecular formula is C24H26N4O3. The van der Waals surface area contributed by atoms with Crippen molar-refractivity contribution in [3.63, 3.8) is 0 Å². The number of carbonyl (C=O) groups is 1. The number of ether oxygens (including phenoxy) is 1. The van der Waals surface area contributed by atoms with E-state index in [1.54, 1.807) is 7.11 Å². The number of carbonyl (C=O) groups excluding carboxylic acids is 1. The van der Waals surface area contributed by atoms with Crippen molar-refractivity contribution in [1.29, 1.82) is 0 Å². The van der Waals surface area contributed by atoms with E-state index in [4.69, 9.17) is 4.74 Å². The molecule has 0 bridgehead atoms. The molecule has 31 heavy (non-hydrogen) atoms. The summed E-state index contributed by atoms with van der Waals surface area (Å²) in [5.41, 5.74) is 4.91. The maximum absolute atomic E-state index is 12.4. The minimum atomic E-state index is -0.316. The Morgan fingerprint density at radius 2 is 1.84 bits per heavy atom. The molecule has 1 amide bonds. The van der Waals surface area contributed by atoms with Crippen LogP contribution in [0.2, 0.25) is 0 Å². The topological polar surface area (TPSA) is 76.5 Å². The van der Waals surface area contributed by atoms with Gasteiger partial charge in [0.2, 0.25) is 0 Å². The van der Waals surface area contributed by atoms with Crippen LogP contribution in [-0.4, -0.2) is 35.9 Å². The first kappa shape index (κ1) is 20.8. The number of para-hydroxylation sites is 1. The standard InChI is InChI=1S/C24H26N4O3/c1-31-15-14-28-23(29)11-10-21(26-28)24(30)25-16-18-6-8-19(9-7-18)17-27-13-12-20-4-2-3-5-22(20)27/h2-11H,12-17H2,1H3,(H,25,30). The maximum atomic E-state index is 12.4. The lowest BCUT2D eigenvalue weighted by Crippen LogP contribution is -2.30. The second-order valence-corrected chi connectivity index (χ2v) is 7.57. The molecule has 0 unspecified atom stereocenters. The molecule has 0 aliphatic carbocycles. The van der Waals surface area contributed by atoms with Crippen LogP contribution in [0.3, 0.4) is 0 Å². The fourth-order valence-corrected chi connectivity index (χ4v) is 3.73. The Labute approximate surface area is 181 Å². The van der Waals surface area contributed by atoms with Gasteiger partial charge in [0.1, 0.15) is 5.69 Å². The number of benzene rings is 2. The molecule has 7 nitrogen and oxygen atoms in total. The first-order valence-corrected chi connectivity index (χ1v) is 10.4. The van der Waals surface area contributed by atoms with Crippen LogP contribution in [0.15, 0.2) is 65.5 Å². The highest BCUT2D eigenvalue weighted by molar-refractivity contribution is 5.91. The SMILES string of the molecule is COCCn1nc(C(=O)NCc2ccc(CN3CCc4ccccc43)cc2)ccc1=O. The Kier molecular flexibility index (Phi) is 6.43. The lowest BCUT2D eigenvalue weighted by molar-refractivity contribution is 0.0942. The summed E-state index contributed by atoms with van der Waals surface area (Å²) >= 11 is 0. The Morgan fingerprint density at radius 3 is 2.65 bits per heavy atom. The Morgan fingerprint density at radius 1 is 1.06 bits per heavy atom. The van der Waals surface area contributed by atoms with Crippen molar-refractivity contribution in [2.45, 2.75) is 26.1 Å². The van der Waals surface area contributed by atoms with Crippen molar-refractivity contribution >= 4 is 11.6 Å². The summed E-state index contributed by atoms with van der Waals surface area (Å²) in [7, 11) is 1.55. The third-order valence-electron chi connectivity index (χ3n) is 5.44. The Bertz CT molecular complexity index is 1110. The van der Waals surface area contributed by atoms with Gasteiger partial charge in [0.15, 0.2) is 0 Å². The van der Waals surface area contributed by atoms with Gasteiger partial charge in [0.25, 0.3) is 11.5 Å². The number of amides is 1. The highest BCUT2D eigenvalue weighted by atomic mass is 16.5. The summed E-state index contributed by atoms with van der Waals surface area (Å²) in [5, 5.41) is 6.98. The van der Waals surface area contributed by atoms with E-state index < -0.39 is 0 Å². The Balaban J connectivity index is 1.33. The zero-order valence-corrected chi connectivity index (χ0v) is 17.6. The van der Waals surface area contributed by atoms with E-state index >= 15 is 0 Å². The van der Waals surface area contributed by atoms with Crippen molar-refractivity contribution in [1.82, 2.24) is 15.1 Å².